The van der Waals surface area contributed by atoms with Crippen molar-refractivity contribution in [2.24, 2.45) is 4.40 Å². The normalized spacial score (nSPS) is 16.3. The van der Waals surface area contributed by atoms with Gasteiger partial charge in [-0.25, -0.2) is 9.38 Å². The molecule has 5 nitrogen and oxygen atoms in total. The molecule has 3 aromatic rings. The second-order valence-corrected chi connectivity index (χ2v) is 7.53. The first-order valence-corrected chi connectivity index (χ1v) is 9.32. The van der Waals surface area contributed by atoms with Crippen LogP contribution in [-0.4, -0.2) is 22.8 Å². The Balaban J connectivity index is 1.34. The van der Waals surface area contributed by atoms with Crippen LogP contribution in [0.2, 0.25) is 0 Å². The number of nitrogens with zero attached hydrogens (tertiary/aromatic N) is 4. The van der Waals surface area contributed by atoms with Gasteiger partial charge in [-0.15, -0.1) is 0 Å². The molecule has 6 heteroatoms. The summed E-state index contributed by atoms with van der Waals surface area (Å²) in [7, 11) is 2.02. The van der Waals surface area contributed by atoms with Gasteiger partial charge in [0, 0.05) is 37.1 Å². The van der Waals surface area contributed by atoms with E-state index in [1.54, 1.807) is 0 Å². The highest BCUT2D eigenvalue weighted by molar-refractivity contribution is 7.98. The fourth-order valence-corrected chi connectivity index (χ4v) is 3.92. The molecule has 0 bridgehead atoms. The largest absolute Gasteiger partial charge is 0.379 e. The lowest BCUT2D eigenvalue weighted by Crippen LogP contribution is -2.17. The number of pyridine rings is 1. The number of imidazole rings is 1. The first-order valence-electron chi connectivity index (χ1n) is 8.55. The summed E-state index contributed by atoms with van der Waals surface area (Å²) in [6.07, 6.45) is 8.85. The number of hydrogen-bond acceptors (Lipinski definition) is 5. The molecule has 1 N–H and O–H groups in total. The zero-order valence-electron chi connectivity index (χ0n) is 14.0. The predicted octanol–water partition coefficient (Wildman–Crippen LogP) is 4.31. The Hall–Kier alpha value is -2.47. The molecule has 2 aliphatic rings. The van der Waals surface area contributed by atoms with Crippen molar-refractivity contribution in [1.82, 2.24) is 9.38 Å². The van der Waals surface area contributed by atoms with Crippen molar-refractivity contribution in [3.63, 3.8) is 0 Å². The summed E-state index contributed by atoms with van der Waals surface area (Å²) < 4.78 is 6.41. The Morgan fingerprint density at radius 1 is 1.20 bits per heavy atom. The highest BCUT2D eigenvalue weighted by atomic mass is 32.2. The number of nitrogens with one attached hydrogen (secondary N) is 1. The zero-order chi connectivity index (χ0) is 16.8. The minimum atomic E-state index is 0.712. The van der Waals surface area contributed by atoms with Crippen molar-refractivity contribution < 1.29 is 0 Å². The molecule has 2 aromatic heterocycles. The van der Waals surface area contributed by atoms with E-state index < -0.39 is 0 Å². The van der Waals surface area contributed by atoms with Gasteiger partial charge in [0.1, 0.15) is 12.0 Å². The van der Waals surface area contributed by atoms with Crippen molar-refractivity contribution in [2.75, 3.05) is 17.3 Å². The number of benzene rings is 1. The smallest absolute Gasteiger partial charge is 0.137 e. The van der Waals surface area contributed by atoms with Crippen LogP contribution in [0, 0.1) is 0 Å². The molecule has 0 atom stereocenters. The van der Waals surface area contributed by atoms with Gasteiger partial charge in [0.05, 0.1) is 22.8 Å². The Labute approximate surface area is 150 Å². The second-order valence-electron chi connectivity index (χ2n) is 6.69. The van der Waals surface area contributed by atoms with Gasteiger partial charge in [0.15, 0.2) is 0 Å². The molecule has 0 radical (unpaired) electrons. The number of hydrogen-bond donors (Lipinski definition) is 1. The molecule has 5 rings (SSSR count). The molecule has 0 spiro atoms. The van der Waals surface area contributed by atoms with E-state index in [1.807, 2.05) is 18.3 Å². The van der Waals surface area contributed by atoms with E-state index in [-0.39, 0.29) is 0 Å². The van der Waals surface area contributed by atoms with Gasteiger partial charge in [-0.1, -0.05) is 6.07 Å². The summed E-state index contributed by atoms with van der Waals surface area (Å²) in [6, 6.07) is 10.7. The minimum absolute atomic E-state index is 0.712. The monoisotopic (exact) mass is 349 g/mol. The Kier molecular flexibility index (Phi) is 3.45. The summed E-state index contributed by atoms with van der Waals surface area (Å²) in [5.74, 6) is 0.766. The van der Waals surface area contributed by atoms with Crippen molar-refractivity contribution >= 4 is 35.3 Å². The molecule has 1 aromatic carbocycles. The number of fused-ring (bicyclic) bond motifs is 2. The fourth-order valence-electron chi connectivity index (χ4n) is 3.19. The lowest BCUT2D eigenvalue weighted by atomic mass is 10.2. The molecule has 0 amide bonds. The standard InChI is InChI=1S/C19H19N5S/c1-23-12-21-25-18-6-5-15(8-17(18)23)20-9-16-11-24-10-14(13-2-3-13)4-7-19(24)22-16/h4-8,10-13,20H,2-3,9H2,1H3. The fraction of sp³-hybridized carbons (Fsp3) is 0.263. The van der Waals surface area contributed by atoms with Crippen LogP contribution in [0.15, 0.2) is 52.0 Å². The zero-order valence-corrected chi connectivity index (χ0v) is 14.8. The van der Waals surface area contributed by atoms with Gasteiger partial charge < -0.3 is 14.6 Å². The van der Waals surface area contributed by atoms with E-state index >= 15 is 0 Å². The van der Waals surface area contributed by atoms with Crippen LogP contribution in [0.5, 0.6) is 0 Å². The molecule has 0 saturated heterocycles. The summed E-state index contributed by atoms with van der Waals surface area (Å²) in [6.45, 7) is 0.712. The number of anilines is 2. The van der Waals surface area contributed by atoms with Gasteiger partial charge >= 0.3 is 0 Å². The molecular formula is C19H19N5S. The van der Waals surface area contributed by atoms with Crippen LogP contribution >= 0.6 is 11.9 Å². The third-order valence-corrected chi connectivity index (χ3v) is 5.50. The first kappa shape index (κ1) is 14.8. The number of aromatic nitrogens is 2. The average molecular weight is 349 g/mol. The topological polar surface area (TPSA) is 44.9 Å². The third-order valence-electron chi connectivity index (χ3n) is 4.76. The minimum Gasteiger partial charge on any atom is -0.379 e. The van der Waals surface area contributed by atoms with E-state index in [0.717, 1.165) is 22.9 Å². The Morgan fingerprint density at radius 2 is 2.12 bits per heavy atom. The molecule has 126 valence electrons. The Bertz CT molecular complexity index is 973. The number of rotatable bonds is 4. The van der Waals surface area contributed by atoms with E-state index in [1.165, 1.54) is 40.9 Å². The van der Waals surface area contributed by atoms with Crippen LogP contribution in [0.4, 0.5) is 11.4 Å². The highest BCUT2D eigenvalue weighted by Crippen LogP contribution is 2.40. The van der Waals surface area contributed by atoms with Crippen molar-refractivity contribution in [3.8, 4) is 0 Å². The van der Waals surface area contributed by atoms with Crippen molar-refractivity contribution in [1.29, 1.82) is 0 Å². The van der Waals surface area contributed by atoms with Gasteiger partial charge in [0.2, 0.25) is 0 Å². The lowest BCUT2D eigenvalue weighted by Gasteiger charge is -2.21. The van der Waals surface area contributed by atoms with Crippen LogP contribution in [0.3, 0.4) is 0 Å². The maximum absolute atomic E-state index is 4.72. The molecule has 3 heterocycles. The van der Waals surface area contributed by atoms with Crippen LogP contribution in [0.25, 0.3) is 5.65 Å². The molecular weight excluding hydrogens is 330 g/mol. The SMILES string of the molecule is CN1C=NSc2ccc(NCc3cn4cc(C5CC5)ccc4n3)cc21. The Morgan fingerprint density at radius 3 is 3.00 bits per heavy atom. The molecule has 1 saturated carbocycles. The van der Waals surface area contributed by atoms with E-state index in [4.69, 9.17) is 4.98 Å². The molecule has 0 unspecified atom stereocenters. The van der Waals surface area contributed by atoms with E-state index in [2.05, 4.69) is 56.8 Å². The van der Waals surface area contributed by atoms with Gasteiger partial charge in [-0.3, -0.25) is 0 Å². The summed E-state index contributed by atoms with van der Waals surface area (Å²) in [4.78, 5) is 7.94. The highest BCUT2D eigenvalue weighted by Gasteiger charge is 2.23. The lowest BCUT2D eigenvalue weighted by molar-refractivity contribution is 1.05. The molecule has 1 aliphatic carbocycles. The van der Waals surface area contributed by atoms with Crippen LogP contribution in [-0.2, 0) is 6.54 Å². The second kappa shape index (κ2) is 5.81. The summed E-state index contributed by atoms with van der Waals surface area (Å²) in [5, 5.41) is 3.49. The van der Waals surface area contributed by atoms with Crippen molar-refractivity contribution in [2.45, 2.75) is 30.2 Å². The molecule has 25 heavy (non-hydrogen) atoms. The van der Waals surface area contributed by atoms with E-state index in [9.17, 15) is 0 Å². The van der Waals surface area contributed by atoms with Crippen LogP contribution in [0.1, 0.15) is 30.0 Å². The average Bonchev–Trinajstić information content (AvgIpc) is 3.40. The first-order chi connectivity index (χ1) is 12.3. The van der Waals surface area contributed by atoms with Gasteiger partial charge in [-0.05, 0) is 48.6 Å². The quantitative estimate of drug-likeness (QED) is 0.713. The summed E-state index contributed by atoms with van der Waals surface area (Å²) in [5.41, 5.74) is 5.77. The summed E-state index contributed by atoms with van der Waals surface area (Å²) >= 11 is 1.51. The van der Waals surface area contributed by atoms with E-state index in [0.29, 0.717) is 6.54 Å². The van der Waals surface area contributed by atoms with Crippen LogP contribution < -0.4 is 10.2 Å². The molecule has 1 fully saturated rings. The van der Waals surface area contributed by atoms with Gasteiger partial charge in [-0.2, -0.15) is 0 Å². The third kappa shape index (κ3) is 2.87. The van der Waals surface area contributed by atoms with Gasteiger partial charge in [0.25, 0.3) is 0 Å². The van der Waals surface area contributed by atoms with Crippen molar-refractivity contribution in [3.05, 3.63) is 54.0 Å². The molecule has 1 aliphatic heterocycles. The maximum Gasteiger partial charge on any atom is 0.137 e. The maximum atomic E-state index is 4.72. The predicted molar refractivity (Wildman–Crippen MR) is 104 cm³/mol.